The molecule has 1 amide bonds. The van der Waals surface area contributed by atoms with E-state index in [0.29, 0.717) is 23.4 Å². The van der Waals surface area contributed by atoms with Gasteiger partial charge in [0.1, 0.15) is 0 Å². The van der Waals surface area contributed by atoms with Crippen molar-refractivity contribution in [2.24, 2.45) is 11.8 Å². The lowest BCUT2D eigenvalue weighted by molar-refractivity contribution is -0.0209. The van der Waals surface area contributed by atoms with Crippen LogP contribution in [-0.4, -0.2) is 71.8 Å². The summed E-state index contributed by atoms with van der Waals surface area (Å²) in [7, 11) is 6.04. The molecule has 6 nitrogen and oxygen atoms in total. The van der Waals surface area contributed by atoms with Gasteiger partial charge in [-0.1, -0.05) is 6.07 Å². The second kappa shape index (κ2) is 6.42. The first-order valence-electron chi connectivity index (χ1n) is 8.99. The highest BCUT2D eigenvalue weighted by Gasteiger charge is 2.44. The summed E-state index contributed by atoms with van der Waals surface area (Å²) in [5.41, 5.74) is 1.58. The summed E-state index contributed by atoms with van der Waals surface area (Å²) in [5.74, 6) is 1.20. The first-order valence-corrected chi connectivity index (χ1v) is 8.99. The van der Waals surface area contributed by atoms with Gasteiger partial charge in [-0.05, 0) is 50.9 Å². The average Bonchev–Trinajstić information content (AvgIpc) is 3.23. The van der Waals surface area contributed by atoms with E-state index in [-0.39, 0.29) is 12.0 Å². The van der Waals surface area contributed by atoms with Crippen LogP contribution in [-0.2, 0) is 4.74 Å². The number of fused-ring (bicyclic) bond motifs is 2. The molecule has 2 aliphatic rings. The molecule has 0 aromatic carbocycles. The molecule has 3 heterocycles. The summed E-state index contributed by atoms with van der Waals surface area (Å²) in [6.45, 7) is 1.67. The van der Waals surface area contributed by atoms with Gasteiger partial charge >= 0.3 is 0 Å². The summed E-state index contributed by atoms with van der Waals surface area (Å²) in [6, 6.07) is 6.25. The number of pyridine rings is 1. The maximum Gasteiger partial charge on any atom is 0.257 e. The second-order valence-corrected chi connectivity index (χ2v) is 7.60. The third-order valence-corrected chi connectivity index (χ3v) is 6.00. The largest absolute Gasteiger partial charge is 0.380 e. The van der Waals surface area contributed by atoms with Gasteiger partial charge in [0.2, 0.25) is 0 Å². The van der Waals surface area contributed by atoms with Crippen LogP contribution in [0.15, 0.2) is 30.6 Å². The van der Waals surface area contributed by atoms with Crippen molar-refractivity contribution in [3.8, 4) is 0 Å². The van der Waals surface area contributed by atoms with Crippen LogP contribution in [0.2, 0.25) is 0 Å². The molecule has 1 aliphatic heterocycles. The molecule has 2 fully saturated rings. The van der Waals surface area contributed by atoms with Crippen LogP contribution >= 0.6 is 0 Å². The predicted octanol–water partition coefficient (Wildman–Crippen LogP) is 1.76. The maximum atomic E-state index is 13.1. The Morgan fingerprint density at radius 2 is 2.00 bits per heavy atom. The van der Waals surface area contributed by atoms with Crippen LogP contribution < -0.4 is 0 Å². The Hall–Kier alpha value is -1.92. The van der Waals surface area contributed by atoms with Crippen LogP contribution in [0, 0.1) is 11.8 Å². The fraction of sp³-hybridized carbons (Fsp3) is 0.579. The summed E-state index contributed by atoms with van der Waals surface area (Å²) in [5, 5.41) is 4.30. The molecule has 134 valence electrons. The lowest BCUT2D eigenvalue weighted by atomic mass is 9.77. The van der Waals surface area contributed by atoms with Gasteiger partial charge in [-0.25, -0.2) is 4.52 Å². The maximum absolute atomic E-state index is 13.1. The fourth-order valence-electron chi connectivity index (χ4n) is 4.62. The van der Waals surface area contributed by atoms with E-state index in [4.69, 9.17) is 4.74 Å². The number of aromatic nitrogens is 2. The third-order valence-electron chi connectivity index (χ3n) is 6.00. The van der Waals surface area contributed by atoms with E-state index >= 15 is 0 Å². The van der Waals surface area contributed by atoms with Gasteiger partial charge in [-0.3, -0.25) is 4.79 Å². The second-order valence-electron chi connectivity index (χ2n) is 7.60. The average molecular weight is 342 g/mol. The van der Waals surface area contributed by atoms with Gasteiger partial charge < -0.3 is 14.5 Å². The van der Waals surface area contributed by atoms with Crippen LogP contribution in [0.1, 0.15) is 23.2 Å². The number of amides is 1. The van der Waals surface area contributed by atoms with Crippen LogP contribution in [0.3, 0.4) is 0 Å². The molecule has 0 unspecified atom stereocenters. The molecule has 0 spiro atoms. The number of ether oxygens (including phenoxy) is 1. The normalized spacial score (nSPS) is 29.4. The van der Waals surface area contributed by atoms with Gasteiger partial charge in [-0.2, -0.15) is 5.10 Å². The number of rotatable bonds is 3. The number of hydrogen-bond donors (Lipinski definition) is 0. The standard InChI is InChI=1S/C19H26N4O2/c1-21(2)17-8-13-11-22(12-14(13)9-18(17)25-3)19(24)15-10-20-23-7-5-4-6-16(15)23/h4-7,10,13-14,17-18H,8-9,11-12H2,1-3H3/t13-,14+,17-,18-/m1/s1. The zero-order valence-corrected chi connectivity index (χ0v) is 15.1. The van der Waals surface area contributed by atoms with Gasteiger partial charge in [-0.15, -0.1) is 0 Å². The Morgan fingerprint density at radius 3 is 2.72 bits per heavy atom. The fourth-order valence-corrected chi connectivity index (χ4v) is 4.62. The molecule has 0 N–H and O–H groups in total. The number of nitrogens with zero attached hydrogens (tertiary/aromatic N) is 4. The van der Waals surface area contributed by atoms with E-state index in [9.17, 15) is 4.79 Å². The third kappa shape index (κ3) is 2.83. The van der Waals surface area contributed by atoms with Crippen LogP contribution in [0.5, 0.6) is 0 Å². The van der Waals surface area contributed by atoms with Crippen molar-refractivity contribution < 1.29 is 9.53 Å². The Morgan fingerprint density at radius 1 is 1.24 bits per heavy atom. The molecule has 4 rings (SSSR count). The quantitative estimate of drug-likeness (QED) is 0.853. The molecule has 4 atom stereocenters. The van der Waals surface area contributed by atoms with Crippen molar-refractivity contribution >= 4 is 11.4 Å². The van der Waals surface area contributed by atoms with E-state index in [1.165, 1.54) is 0 Å². The number of methoxy groups -OCH3 is 1. The molecule has 1 saturated heterocycles. The zero-order valence-electron chi connectivity index (χ0n) is 15.1. The monoisotopic (exact) mass is 342 g/mol. The van der Waals surface area contributed by atoms with E-state index in [0.717, 1.165) is 31.4 Å². The van der Waals surface area contributed by atoms with Crippen LogP contribution in [0.4, 0.5) is 0 Å². The summed E-state index contributed by atoms with van der Waals surface area (Å²) < 4.78 is 7.50. The summed E-state index contributed by atoms with van der Waals surface area (Å²) in [6.07, 6.45) is 5.95. The molecule has 0 bridgehead atoms. The Balaban J connectivity index is 1.53. The van der Waals surface area contributed by atoms with E-state index in [1.807, 2.05) is 29.3 Å². The minimum absolute atomic E-state index is 0.103. The predicted molar refractivity (Wildman–Crippen MR) is 95.6 cm³/mol. The van der Waals surface area contributed by atoms with Gasteiger partial charge in [0.25, 0.3) is 5.91 Å². The first-order chi connectivity index (χ1) is 12.1. The van der Waals surface area contributed by atoms with Crippen molar-refractivity contribution in [2.45, 2.75) is 25.0 Å². The van der Waals surface area contributed by atoms with E-state index < -0.39 is 0 Å². The number of carbonyl (C=O) groups excluding carboxylic acids is 1. The molecule has 2 aromatic rings. The number of likely N-dealkylation sites (tertiary alicyclic amines) is 1. The number of hydrogen-bond acceptors (Lipinski definition) is 4. The molecule has 2 aromatic heterocycles. The summed E-state index contributed by atoms with van der Waals surface area (Å²) in [4.78, 5) is 17.3. The first kappa shape index (κ1) is 16.5. The smallest absolute Gasteiger partial charge is 0.257 e. The van der Waals surface area contributed by atoms with Crippen molar-refractivity contribution in [1.82, 2.24) is 19.4 Å². The van der Waals surface area contributed by atoms with Crippen LogP contribution in [0.25, 0.3) is 5.52 Å². The highest BCUT2D eigenvalue weighted by atomic mass is 16.5. The molecular weight excluding hydrogens is 316 g/mol. The van der Waals surface area contributed by atoms with Gasteiger partial charge in [0.05, 0.1) is 23.4 Å². The molecule has 25 heavy (non-hydrogen) atoms. The van der Waals surface area contributed by atoms with Crippen molar-refractivity contribution in [2.75, 3.05) is 34.3 Å². The van der Waals surface area contributed by atoms with Crippen molar-refractivity contribution in [3.63, 3.8) is 0 Å². The molecule has 1 saturated carbocycles. The van der Waals surface area contributed by atoms with Crippen molar-refractivity contribution in [3.05, 3.63) is 36.2 Å². The van der Waals surface area contributed by atoms with Gasteiger partial charge in [0.15, 0.2) is 0 Å². The lowest BCUT2D eigenvalue weighted by Crippen LogP contribution is -2.47. The molecular formula is C19H26N4O2. The SMILES string of the molecule is CO[C@@H]1C[C@H]2CN(C(=O)c3cnn4ccccc34)C[C@H]2C[C@H]1N(C)C. The Labute approximate surface area is 148 Å². The molecule has 0 radical (unpaired) electrons. The van der Waals surface area contributed by atoms with E-state index in [1.54, 1.807) is 17.8 Å². The Bertz CT molecular complexity index is 772. The zero-order chi connectivity index (χ0) is 17.6. The highest BCUT2D eigenvalue weighted by molar-refractivity contribution is 6.00. The lowest BCUT2D eigenvalue weighted by Gasteiger charge is -2.40. The summed E-state index contributed by atoms with van der Waals surface area (Å²) >= 11 is 0. The molecule has 6 heteroatoms. The molecule has 1 aliphatic carbocycles. The Kier molecular flexibility index (Phi) is 4.25. The van der Waals surface area contributed by atoms with Gasteiger partial charge in [0, 0.05) is 32.4 Å². The topological polar surface area (TPSA) is 50.1 Å². The number of carbonyl (C=O) groups is 1. The van der Waals surface area contributed by atoms with E-state index in [2.05, 4.69) is 24.1 Å². The number of likely N-dealkylation sites (N-methyl/N-ethyl adjacent to an activating group) is 1. The van der Waals surface area contributed by atoms with Crippen molar-refractivity contribution in [1.29, 1.82) is 0 Å². The minimum atomic E-state index is 0.103. The highest BCUT2D eigenvalue weighted by Crippen LogP contribution is 2.39. The minimum Gasteiger partial charge on any atom is -0.380 e.